The van der Waals surface area contributed by atoms with Gasteiger partial charge >= 0.3 is 5.97 Å². The maximum Gasteiger partial charge on any atom is 0.307 e. The number of carbonyl (C=O) groups is 2. The zero-order chi connectivity index (χ0) is 32.1. The fourth-order valence-corrected chi connectivity index (χ4v) is 4.81. The van der Waals surface area contributed by atoms with Gasteiger partial charge in [0.25, 0.3) is 5.91 Å². The SMILES string of the molecule is CCOC(=O)CCN(Cc1cccc(OCc2ccccc2)c1)C(=O)c1cccc(OCCOc2nc3ccccc3nc2C)c1. The van der Waals surface area contributed by atoms with Crippen LogP contribution in [0, 0.1) is 6.92 Å². The van der Waals surface area contributed by atoms with Crippen molar-refractivity contribution in [3.8, 4) is 17.4 Å². The molecule has 5 aromatic rings. The van der Waals surface area contributed by atoms with Gasteiger partial charge in [0.1, 0.15) is 37.0 Å². The maximum atomic E-state index is 13.8. The van der Waals surface area contributed by atoms with E-state index in [0.29, 0.717) is 35.2 Å². The highest BCUT2D eigenvalue weighted by molar-refractivity contribution is 5.94. The predicted molar refractivity (Wildman–Crippen MR) is 175 cm³/mol. The second-order valence-electron chi connectivity index (χ2n) is 10.5. The lowest BCUT2D eigenvalue weighted by Crippen LogP contribution is -2.33. The second-order valence-corrected chi connectivity index (χ2v) is 10.5. The summed E-state index contributed by atoms with van der Waals surface area (Å²) in [6.45, 7) is 5.30. The van der Waals surface area contributed by atoms with Gasteiger partial charge in [0.05, 0.1) is 24.1 Å². The van der Waals surface area contributed by atoms with Crippen molar-refractivity contribution in [1.82, 2.24) is 14.9 Å². The Balaban J connectivity index is 1.22. The molecular weight excluding hydrogens is 582 g/mol. The molecule has 0 bridgehead atoms. The van der Waals surface area contributed by atoms with Gasteiger partial charge in [0, 0.05) is 18.7 Å². The molecule has 0 radical (unpaired) electrons. The molecule has 0 N–H and O–H groups in total. The summed E-state index contributed by atoms with van der Waals surface area (Å²) in [6, 6.07) is 32.1. The fourth-order valence-electron chi connectivity index (χ4n) is 4.81. The molecule has 0 fully saturated rings. The van der Waals surface area contributed by atoms with Gasteiger partial charge in [-0.3, -0.25) is 9.59 Å². The zero-order valence-corrected chi connectivity index (χ0v) is 26.1. The van der Waals surface area contributed by atoms with Crippen LogP contribution in [0.1, 0.15) is 40.5 Å². The average Bonchev–Trinajstić information content (AvgIpc) is 3.08. The Bertz CT molecular complexity index is 1760. The Morgan fingerprint density at radius 2 is 1.39 bits per heavy atom. The summed E-state index contributed by atoms with van der Waals surface area (Å²) in [5.74, 6) is 1.09. The number of para-hydroxylation sites is 2. The lowest BCUT2D eigenvalue weighted by molar-refractivity contribution is -0.143. The third-order valence-corrected chi connectivity index (χ3v) is 7.07. The van der Waals surface area contributed by atoms with E-state index in [9.17, 15) is 9.59 Å². The van der Waals surface area contributed by atoms with Gasteiger partial charge in [-0.25, -0.2) is 9.97 Å². The number of aryl methyl sites for hydroxylation is 1. The third-order valence-electron chi connectivity index (χ3n) is 7.07. The average molecular weight is 620 g/mol. The summed E-state index contributed by atoms with van der Waals surface area (Å²) in [5.41, 5.74) is 4.64. The van der Waals surface area contributed by atoms with E-state index >= 15 is 0 Å². The molecule has 4 aromatic carbocycles. The minimum Gasteiger partial charge on any atom is -0.490 e. The molecule has 236 valence electrons. The molecule has 0 unspecified atom stereocenters. The zero-order valence-electron chi connectivity index (χ0n) is 26.1. The Morgan fingerprint density at radius 1 is 0.717 bits per heavy atom. The number of nitrogens with zero attached hydrogens (tertiary/aromatic N) is 3. The Morgan fingerprint density at radius 3 is 2.17 bits per heavy atom. The van der Waals surface area contributed by atoms with Crippen LogP contribution in [-0.2, 0) is 22.7 Å². The van der Waals surface area contributed by atoms with Crippen molar-refractivity contribution in [2.75, 3.05) is 26.4 Å². The van der Waals surface area contributed by atoms with Gasteiger partial charge in [-0.05, 0) is 67.4 Å². The molecule has 0 aliphatic carbocycles. The topological polar surface area (TPSA) is 100 Å². The molecule has 9 nitrogen and oxygen atoms in total. The number of fused-ring (bicyclic) bond motifs is 1. The summed E-state index contributed by atoms with van der Waals surface area (Å²) in [5, 5.41) is 0. The standard InChI is InChI=1S/C37H37N3O6/c1-3-43-35(41)19-20-40(25-29-13-9-15-31(23-29)46-26-28-11-5-4-6-12-28)37(42)30-14-10-16-32(24-30)44-21-22-45-36-27(2)38-33-17-7-8-18-34(33)39-36/h4-18,23-24H,3,19-22,25-26H2,1-2H3. The Kier molecular flexibility index (Phi) is 11.1. The second kappa shape index (κ2) is 16.0. The van der Waals surface area contributed by atoms with Crippen LogP contribution in [0.15, 0.2) is 103 Å². The van der Waals surface area contributed by atoms with Crippen LogP contribution < -0.4 is 14.2 Å². The first-order valence-corrected chi connectivity index (χ1v) is 15.3. The largest absolute Gasteiger partial charge is 0.490 e. The molecule has 0 saturated carbocycles. The lowest BCUT2D eigenvalue weighted by atomic mass is 10.1. The predicted octanol–water partition coefficient (Wildman–Crippen LogP) is 6.57. The summed E-state index contributed by atoms with van der Waals surface area (Å²) >= 11 is 0. The summed E-state index contributed by atoms with van der Waals surface area (Å²) in [7, 11) is 0. The molecule has 1 aromatic heterocycles. The van der Waals surface area contributed by atoms with Crippen LogP contribution in [0.4, 0.5) is 0 Å². The van der Waals surface area contributed by atoms with Gasteiger partial charge in [0.15, 0.2) is 0 Å². The van der Waals surface area contributed by atoms with E-state index in [-0.39, 0.29) is 51.2 Å². The van der Waals surface area contributed by atoms with Crippen molar-refractivity contribution in [2.24, 2.45) is 0 Å². The van der Waals surface area contributed by atoms with Crippen molar-refractivity contribution in [3.05, 3.63) is 126 Å². The van der Waals surface area contributed by atoms with Crippen LogP contribution >= 0.6 is 0 Å². The maximum absolute atomic E-state index is 13.8. The Hall–Kier alpha value is -5.44. The molecule has 5 rings (SSSR count). The third kappa shape index (κ3) is 9.04. The van der Waals surface area contributed by atoms with Gasteiger partial charge in [-0.15, -0.1) is 0 Å². The normalized spacial score (nSPS) is 10.7. The van der Waals surface area contributed by atoms with Gasteiger partial charge in [0.2, 0.25) is 5.88 Å². The van der Waals surface area contributed by atoms with E-state index in [2.05, 4.69) is 9.97 Å². The van der Waals surface area contributed by atoms with Crippen molar-refractivity contribution >= 4 is 22.9 Å². The molecule has 1 heterocycles. The number of aromatic nitrogens is 2. The van der Waals surface area contributed by atoms with Crippen LogP contribution in [0.2, 0.25) is 0 Å². The first kappa shape index (κ1) is 32.0. The van der Waals surface area contributed by atoms with Gasteiger partial charge in [-0.1, -0.05) is 60.7 Å². The van der Waals surface area contributed by atoms with Gasteiger partial charge in [-0.2, -0.15) is 0 Å². The van der Waals surface area contributed by atoms with E-state index in [0.717, 1.165) is 22.2 Å². The molecule has 0 spiro atoms. The number of hydrogen-bond acceptors (Lipinski definition) is 8. The minimum atomic E-state index is -0.358. The van der Waals surface area contributed by atoms with Crippen molar-refractivity contribution in [3.63, 3.8) is 0 Å². The molecule has 0 aliphatic rings. The van der Waals surface area contributed by atoms with Crippen LogP contribution in [-0.4, -0.2) is 53.1 Å². The molecule has 1 amide bonds. The summed E-state index contributed by atoms with van der Waals surface area (Å²) in [4.78, 5) is 36.7. The summed E-state index contributed by atoms with van der Waals surface area (Å²) < 4.78 is 22.9. The number of benzene rings is 4. The molecule has 0 saturated heterocycles. The minimum absolute atomic E-state index is 0.0778. The van der Waals surface area contributed by atoms with Crippen molar-refractivity contribution in [2.45, 2.75) is 33.4 Å². The van der Waals surface area contributed by atoms with Gasteiger partial charge < -0.3 is 23.8 Å². The molecule has 9 heteroatoms. The van der Waals surface area contributed by atoms with E-state index in [4.69, 9.17) is 18.9 Å². The fraction of sp³-hybridized carbons (Fsp3) is 0.243. The highest BCUT2D eigenvalue weighted by Gasteiger charge is 2.19. The highest BCUT2D eigenvalue weighted by atomic mass is 16.5. The lowest BCUT2D eigenvalue weighted by Gasteiger charge is -2.23. The quantitative estimate of drug-likeness (QED) is 0.0959. The van der Waals surface area contributed by atoms with E-state index < -0.39 is 0 Å². The van der Waals surface area contributed by atoms with Crippen molar-refractivity contribution < 1.29 is 28.5 Å². The number of ether oxygens (including phenoxy) is 4. The molecule has 46 heavy (non-hydrogen) atoms. The first-order valence-electron chi connectivity index (χ1n) is 15.3. The first-order chi connectivity index (χ1) is 22.5. The molecular formula is C37H37N3O6. The van der Waals surface area contributed by atoms with Crippen LogP contribution in [0.3, 0.4) is 0 Å². The Labute approximate surface area is 268 Å². The molecule has 0 atom stereocenters. The number of hydrogen-bond donors (Lipinski definition) is 0. The number of carbonyl (C=O) groups excluding carboxylic acids is 2. The van der Waals surface area contributed by atoms with E-state index in [1.165, 1.54) is 0 Å². The van der Waals surface area contributed by atoms with Crippen molar-refractivity contribution in [1.29, 1.82) is 0 Å². The van der Waals surface area contributed by atoms with E-state index in [1.54, 1.807) is 36.1 Å². The highest BCUT2D eigenvalue weighted by Crippen LogP contribution is 2.21. The number of amides is 1. The number of esters is 1. The monoisotopic (exact) mass is 619 g/mol. The van der Waals surface area contributed by atoms with Crippen LogP contribution in [0.5, 0.6) is 17.4 Å². The molecule has 0 aliphatic heterocycles. The number of rotatable bonds is 15. The van der Waals surface area contributed by atoms with Crippen LogP contribution in [0.25, 0.3) is 11.0 Å². The smallest absolute Gasteiger partial charge is 0.307 e. The van der Waals surface area contributed by atoms with E-state index in [1.807, 2.05) is 85.8 Å². The summed E-state index contributed by atoms with van der Waals surface area (Å²) in [6.07, 6.45) is 0.0778.